The Bertz CT molecular complexity index is 453. The number of carbonyl (C=O) groups is 1. The van der Waals surface area contributed by atoms with Crippen molar-refractivity contribution in [1.29, 1.82) is 0 Å². The molecule has 108 valence electrons. The summed E-state index contributed by atoms with van der Waals surface area (Å²) in [4.78, 5) is 10.2. The highest BCUT2D eigenvalue weighted by molar-refractivity contribution is 5.64. The van der Waals surface area contributed by atoms with Crippen LogP contribution in [-0.4, -0.2) is 19.4 Å². The van der Waals surface area contributed by atoms with Crippen molar-refractivity contribution >= 4 is 6.29 Å². The minimum Gasteiger partial charge on any atom is -0.364 e. The molecular weight excluding hydrogens is 250 g/mol. The molecule has 0 saturated carbocycles. The SMILES string of the molecule is CNCc1ccc(C2OC2C(C)CC/C=C/C=O)cc1. The molecule has 3 heteroatoms. The molecule has 3 atom stereocenters. The summed E-state index contributed by atoms with van der Waals surface area (Å²) in [7, 11) is 1.95. The van der Waals surface area contributed by atoms with Crippen molar-refractivity contribution in [1.82, 2.24) is 5.32 Å². The molecule has 0 aromatic heterocycles. The smallest absolute Gasteiger partial charge is 0.142 e. The van der Waals surface area contributed by atoms with E-state index < -0.39 is 0 Å². The monoisotopic (exact) mass is 273 g/mol. The number of carbonyl (C=O) groups excluding carboxylic acids is 1. The molecule has 1 fully saturated rings. The van der Waals surface area contributed by atoms with Crippen LogP contribution in [0.15, 0.2) is 36.4 Å². The summed E-state index contributed by atoms with van der Waals surface area (Å²) in [5, 5.41) is 3.15. The number of nitrogens with one attached hydrogen (secondary N) is 1. The first-order valence-corrected chi connectivity index (χ1v) is 7.25. The third kappa shape index (κ3) is 4.02. The van der Waals surface area contributed by atoms with Gasteiger partial charge >= 0.3 is 0 Å². The van der Waals surface area contributed by atoms with Crippen LogP contribution in [0.5, 0.6) is 0 Å². The average molecular weight is 273 g/mol. The van der Waals surface area contributed by atoms with E-state index in [0.717, 1.165) is 25.7 Å². The van der Waals surface area contributed by atoms with E-state index in [0.29, 0.717) is 12.0 Å². The Morgan fingerprint density at radius 1 is 1.35 bits per heavy atom. The summed E-state index contributed by atoms with van der Waals surface area (Å²) in [5.74, 6) is 0.522. The summed E-state index contributed by atoms with van der Waals surface area (Å²) < 4.78 is 5.81. The Balaban J connectivity index is 1.81. The maximum atomic E-state index is 10.2. The van der Waals surface area contributed by atoms with Gasteiger partial charge in [-0.25, -0.2) is 0 Å². The largest absolute Gasteiger partial charge is 0.364 e. The van der Waals surface area contributed by atoms with E-state index in [4.69, 9.17) is 4.74 Å². The molecule has 0 bridgehead atoms. The number of hydrogen-bond acceptors (Lipinski definition) is 3. The lowest BCUT2D eigenvalue weighted by Crippen LogP contribution is -2.05. The minimum absolute atomic E-state index is 0.253. The van der Waals surface area contributed by atoms with Crippen molar-refractivity contribution in [2.75, 3.05) is 7.05 Å². The highest BCUT2D eigenvalue weighted by Crippen LogP contribution is 2.44. The van der Waals surface area contributed by atoms with Crippen molar-refractivity contribution < 1.29 is 9.53 Å². The molecule has 20 heavy (non-hydrogen) atoms. The van der Waals surface area contributed by atoms with Gasteiger partial charge in [0.25, 0.3) is 0 Å². The van der Waals surface area contributed by atoms with Gasteiger partial charge in [-0.2, -0.15) is 0 Å². The first kappa shape index (κ1) is 14.9. The molecule has 1 aliphatic rings. The number of rotatable bonds is 8. The van der Waals surface area contributed by atoms with Crippen LogP contribution in [0.3, 0.4) is 0 Å². The molecule has 2 rings (SSSR count). The van der Waals surface area contributed by atoms with Crippen LogP contribution in [0.4, 0.5) is 0 Å². The standard InChI is InChI=1S/C17H23NO2/c1-13(6-4-3-5-11-19)16-17(20-16)15-9-7-14(8-10-15)12-18-2/h3,5,7-11,13,16-18H,4,6,12H2,1-2H3/b5-3+. The third-order valence-electron chi connectivity index (χ3n) is 3.78. The third-order valence-corrected chi connectivity index (χ3v) is 3.78. The van der Waals surface area contributed by atoms with E-state index in [1.165, 1.54) is 11.1 Å². The Kier molecular flexibility index (Phi) is 5.50. The van der Waals surface area contributed by atoms with Gasteiger partial charge in [0, 0.05) is 6.54 Å². The van der Waals surface area contributed by atoms with Crippen LogP contribution >= 0.6 is 0 Å². The van der Waals surface area contributed by atoms with Crippen LogP contribution in [0.1, 0.15) is 37.0 Å². The Hall–Kier alpha value is -1.45. The molecule has 0 aliphatic carbocycles. The maximum absolute atomic E-state index is 10.2. The lowest BCUT2D eigenvalue weighted by molar-refractivity contribution is -0.104. The molecule has 3 unspecified atom stereocenters. The van der Waals surface area contributed by atoms with Crippen molar-refractivity contribution in [3.8, 4) is 0 Å². The molecule has 1 saturated heterocycles. The van der Waals surface area contributed by atoms with Gasteiger partial charge in [-0.15, -0.1) is 0 Å². The molecule has 1 heterocycles. The fourth-order valence-corrected chi connectivity index (χ4v) is 2.53. The van der Waals surface area contributed by atoms with E-state index in [1.54, 1.807) is 6.08 Å². The average Bonchev–Trinajstić information content (AvgIpc) is 3.25. The lowest BCUT2D eigenvalue weighted by Gasteiger charge is -2.06. The second-order valence-electron chi connectivity index (χ2n) is 5.41. The zero-order valence-corrected chi connectivity index (χ0v) is 12.2. The van der Waals surface area contributed by atoms with Crippen LogP contribution in [-0.2, 0) is 16.1 Å². The predicted molar refractivity (Wildman–Crippen MR) is 80.4 cm³/mol. The van der Waals surface area contributed by atoms with Gasteiger partial charge in [-0.3, -0.25) is 4.79 Å². The molecule has 0 radical (unpaired) electrons. The summed E-state index contributed by atoms with van der Waals surface area (Å²) >= 11 is 0. The van der Waals surface area contributed by atoms with Crippen LogP contribution < -0.4 is 5.32 Å². The summed E-state index contributed by atoms with van der Waals surface area (Å²) in [6.45, 7) is 3.11. The van der Waals surface area contributed by atoms with Gasteiger partial charge < -0.3 is 10.1 Å². The van der Waals surface area contributed by atoms with Crippen LogP contribution in [0.25, 0.3) is 0 Å². The number of aldehydes is 1. The highest BCUT2D eigenvalue weighted by atomic mass is 16.6. The van der Waals surface area contributed by atoms with Crippen molar-refractivity contribution in [3.05, 3.63) is 47.5 Å². The quantitative estimate of drug-likeness (QED) is 0.450. The number of ether oxygens (including phenoxy) is 1. The first-order valence-electron chi connectivity index (χ1n) is 7.25. The topological polar surface area (TPSA) is 41.6 Å². The lowest BCUT2D eigenvalue weighted by atomic mass is 9.96. The fourth-order valence-electron chi connectivity index (χ4n) is 2.53. The maximum Gasteiger partial charge on any atom is 0.142 e. The predicted octanol–water partition coefficient (Wildman–Crippen LogP) is 3.02. The Labute approximate surface area is 121 Å². The van der Waals surface area contributed by atoms with E-state index in [9.17, 15) is 4.79 Å². The zero-order valence-electron chi connectivity index (χ0n) is 12.2. The molecule has 1 aliphatic heterocycles. The number of hydrogen-bond donors (Lipinski definition) is 1. The first-order chi connectivity index (χ1) is 9.76. The van der Waals surface area contributed by atoms with Gasteiger partial charge in [0.2, 0.25) is 0 Å². The van der Waals surface area contributed by atoms with Gasteiger partial charge in [0.05, 0.1) is 6.10 Å². The minimum atomic E-state index is 0.253. The Morgan fingerprint density at radius 2 is 2.10 bits per heavy atom. The van der Waals surface area contributed by atoms with Crippen molar-refractivity contribution in [2.24, 2.45) is 5.92 Å². The summed E-state index contributed by atoms with van der Waals surface area (Å²) in [6, 6.07) is 8.64. The zero-order chi connectivity index (χ0) is 14.4. The summed E-state index contributed by atoms with van der Waals surface area (Å²) in [5.41, 5.74) is 2.56. The van der Waals surface area contributed by atoms with E-state index in [1.807, 2.05) is 13.1 Å². The van der Waals surface area contributed by atoms with Crippen LogP contribution in [0.2, 0.25) is 0 Å². The molecular formula is C17H23NO2. The van der Waals surface area contributed by atoms with E-state index in [-0.39, 0.29) is 6.10 Å². The molecule has 3 nitrogen and oxygen atoms in total. The number of benzene rings is 1. The second-order valence-corrected chi connectivity index (χ2v) is 5.41. The Morgan fingerprint density at radius 3 is 2.75 bits per heavy atom. The van der Waals surface area contributed by atoms with Crippen molar-refractivity contribution in [2.45, 2.75) is 38.5 Å². The molecule has 1 aromatic carbocycles. The summed E-state index contributed by atoms with van der Waals surface area (Å²) in [6.07, 6.45) is 6.90. The molecule has 1 N–H and O–H groups in total. The fraction of sp³-hybridized carbons (Fsp3) is 0.471. The van der Waals surface area contributed by atoms with Crippen molar-refractivity contribution in [3.63, 3.8) is 0 Å². The normalized spacial score (nSPS) is 22.9. The van der Waals surface area contributed by atoms with E-state index >= 15 is 0 Å². The highest BCUT2D eigenvalue weighted by Gasteiger charge is 2.43. The van der Waals surface area contributed by atoms with Crippen LogP contribution in [0, 0.1) is 5.92 Å². The molecule has 0 spiro atoms. The molecule has 0 amide bonds. The van der Waals surface area contributed by atoms with Gasteiger partial charge in [0.1, 0.15) is 12.4 Å². The van der Waals surface area contributed by atoms with Gasteiger partial charge in [-0.1, -0.05) is 37.3 Å². The number of epoxide rings is 1. The molecule has 1 aromatic rings. The van der Waals surface area contributed by atoms with Gasteiger partial charge in [-0.05, 0) is 43.0 Å². The van der Waals surface area contributed by atoms with E-state index in [2.05, 4.69) is 36.5 Å². The number of allylic oxidation sites excluding steroid dienone is 2. The second kappa shape index (κ2) is 7.36. The van der Waals surface area contributed by atoms with Gasteiger partial charge in [0.15, 0.2) is 0 Å².